The van der Waals surface area contributed by atoms with Crippen LogP contribution in [0.5, 0.6) is 0 Å². The van der Waals surface area contributed by atoms with Gasteiger partial charge in [-0.2, -0.15) is 0 Å². The maximum atomic E-state index is 10.0. The Labute approximate surface area is 116 Å². The molecule has 1 saturated carbocycles. The van der Waals surface area contributed by atoms with E-state index in [0.717, 1.165) is 48.3 Å². The number of nitrogens with zero attached hydrogens (tertiary/aromatic N) is 2. The molecule has 1 aliphatic rings. The molecule has 0 unspecified atom stereocenters. The number of aromatic nitrogens is 2. The molecule has 1 aliphatic carbocycles. The van der Waals surface area contributed by atoms with E-state index in [2.05, 4.69) is 43.5 Å². The lowest BCUT2D eigenvalue weighted by molar-refractivity contribution is -0.0202. The maximum absolute atomic E-state index is 10.0. The zero-order valence-corrected chi connectivity index (χ0v) is 12.1. The highest BCUT2D eigenvalue weighted by molar-refractivity contribution is 9.10. The van der Waals surface area contributed by atoms with Gasteiger partial charge in [-0.15, -0.1) is 0 Å². The van der Waals surface area contributed by atoms with Crippen LogP contribution in [-0.2, 0) is 0 Å². The van der Waals surface area contributed by atoms with Crippen LogP contribution in [0.25, 0.3) is 0 Å². The molecule has 1 fully saturated rings. The van der Waals surface area contributed by atoms with E-state index in [9.17, 15) is 5.11 Å². The minimum atomic E-state index is -0.554. The average Bonchev–Trinajstić information content (AvgIpc) is 2.34. The predicted octanol–water partition coefficient (Wildman–Crippen LogP) is 2.39. The lowest BCUT2D eigenvalue weighted by Crippen LogP contribution is -2.43. The molecule has 0 radical (unpaired) electrons. The van der Waals surface area contributed by atoms with Crippen molar-refractivity contribution in [1.82, 2.24) is 9.97 Å². The van der Waals surface area contributed by atoms with Gasteiger partial charge in [0.25, 0.3) is 0 Å². The summed E-state index contributed by atoms with van der Waals surface area (Å²) in [7, 11) is 0. The van der Waals surface area contributed by atoms with Crippen LogP contribution >= 0.6 is 15.9 Å². The van der Waals surface area contributed by atoms with Crippen LogP contribution in [0.3, 0.4) is 0 Å². The van der Waals surface area contributed by atoms with Gasteiger partial charge in [-0.05, 0) is 41.6 Å². The quantitative estimate of drug-likeness (QED) is 0.752. The molecule has 0 aromatic carbocycles. The second-order valence-electron chi connectivity index (χ2n) is 4.74. The molecule has 0 aliphatic heterocycles. The second kappa shape index (κ2) is 5.84. The summed E-state index contributed by atoms with van der Waals surface area (Å²) >= 11 is 3.49. The third-order valence-corrected chi connectivity index (χ3v) is 3.95. The highest BCUT2D eigenvalue weighted by Gasteiger charge is 2.34. The normalized spacial score (nSPS) is 17.1. The van der Waals surface area contributed by atoms with Crippen LogP contribution in [0.2, 0.25) is 0 Å². The van der Waals surface area contributed by atoms with Gasteiger partial charge in [0, 0.05) is 13.1 Å². The summed E-state index contributed by atoms with van der Waals surface area (Å²) in [6.07, 6.45) is 5.40. The van der Waals surface area contributed by atoms with Crippen molar-refractivity contribution in [2.45, 2.75) is 38.2 Å². The second-order valence-corrected chi connectivity index (χ2v) is 5.54. The van der Waals surface area contributed by atoms with Crippen LogP contribution < -0.4 is 10.6 Å². The van der Waals surface area contributed by atoms with Crippen LogP contribution in [0.1, 0.15) is 32.6 Å². The van der Waals surface area contributed by atoms with E-state index in [1.54, 1.807) is 0 Å². The Hall–Kier alpha value is -0.880. The first-order valence-corrected chi connectivity index (χ1v) is 7.14. The average molecular weight is 315 g/mol. The van der Waals surface area contributed by atoms with Gasteiger partial charge in [0.2, 0.25) is 0 Å². The van der Waals surface area contributed by atoms with Crippen LogP contribution in [0.4, 0.5) is 11.6 Å². The lowest BCUT2D eigenvalue weighted by atomic mass is 9.80. The molecule has 0 amide bonds. The van der Waals surface area contributed by atoms with Gasteiger partial charge in [-0.25, -0.2) is 9.97 Å². The van der Waals surface area contributed by atoms with Crippen LogP contribution in [-0.4, -0.2) is 33.8 Å². The van der Waals surface area contributed by atoms with Gasteiger partial charge in [-0.3, -0.25) is 0 Å². The van der Waals surface area contributed by atoms with Crippen molar-refractivity contribution in [3.05, 3.63) is 10.8 Å². The summed E-state index contributed by atoms with van der Waals surface area (Å²) < 4.78 is 0.821. The van der Waals surface area contributed by atoms with Crippen molar-refractivity contribution >= 4 is 27.6 Å². The fourth-order valence-corrected chi connectivity index (χ4v) is 2.35. The molecular weight excluding hydrogens is 296 g/mol. The first-order valence-electron chi connectivity index (χ1n) is 6.35. The van der Waals surface area contributed by atoms with Gasteiger partial charge in [0.05, 0.1) is 5.60 Å². The standard InChI is InChI=1S/C12H19BrN4O/c1-2-6-14-10-9(13)11(17-8-16-10)15-7-12(18)4-3-5-12/h8,18H,2-7H2,1H3,(H2,14,15,16,17). The summed E-state index contributed by atoms with van der Waals surface area (Å²) in [6.45, 7) is 3.52. The van der Waals surface area contributed by atoms with E-state index < -0.39 is 5.60 Å². The van der Waals surface area contributed by atoms with Gasteiger partial charge in [0.15, 0.2) is 0 Å². The summed E-state index contributed by atoms with van der Waals surface area (Å²) in [5, 5.41) is 16.4. The smallest absolute Gasteiger partial charge is 0.146 e. The van der Waals surface area contributed by atoms with Crippen molar-refractivity contribution < 1.29 is 5.11 Å². The van der Waals surface area contributed by atoms with Crippen molar-refractivity contribution in [3.63, 3.8) is 0 Å². The van der Waals surface area contributed by atoms with E-state index in [-0.39, 0.29) is 0 Å². The largest absolute Gasteiger partial charge is 0.388 e. The van der Waals surface area contributed by atoms with Gasteiger partial charge in [-0.1, -0.05) is 6.92 Å². The molecule has 3 N–H and O–H groups in total. The zero-order valence-electron chi connectivity index (χ0n) is 10.5. The molecule has 6 heteroatoms. The predicted molar refractivity (Wildman–Crippen MR) is 75.8 cm³/mol. The van der Waals surface area contributed by atoms with Crippen LogP contribution in [0.15, 0.2) is 10.8 Å². The highest BCUT2D eigenvalue weighted by Crippen LogP contribution is 2.33. The van der Waals surface area contributed by atoms with Crippen molar-refractivity contribution in [1.29, 1.82) is 0 Å². The molecule has 0 atom stereocenters. The number of anilines is 2. The molecule has 0 saturated heterocycles. The maximum Gasteiger partial charge on any atom is 0.146 e. The first kappa shape index (κ1) is 13.5. The Kier molecular flexibility index (Phi) is 4.40. The molecule has 0 spiro atoms. The topological polar surface area (TPSA) is 70.1 Å². The fraction of sp³-hybridized carbons (Fsp3) is 0.667. The number of halogens is 1. The Balaban J connectivity index is 1.99. The molecule has 1 aromatic rings. The Morgan fingerprint density at radius 1 is 1.33 bits per heavy atom. The molecule has 100 valence electrons. The Morgan fingerprint density at radius 3 is 2.56 bits per heavy atom. The van der Waals surface area contributed by atoms with E-state index in [1.807, 2.05) is 0 Å². The third-order valence-electron chi connectivity index (χ3n) is 3.20. The van der Waals surface area contributed by atoms with Crippen LogP contribution in [0, 0.1) is 0 Å². The Bertz CT molecular complexity index is 409. The molecule has 5 nitrogen and oxygen atoms in total. The summed E-state index contributed by atoms with van der Waals surface area (Å²) in [4.78, 5) is 8.37. The Morgan fingerprint density at radius 2 is 2.00 bits per heavy atom. The first-order chi connectivity index (χ1) is 8.64. The minimum absolute atomic E-state index is 0.538. The van der Waals surface area contributed by atoms with E-state index in [0.29, 0.717) is 6.54 Å². The lowest BCUT2D eigenvalue weighted by Gasteiger charge is -2.36. The van der Waals surface area contributed by atoms with E-state index >= 15 is 0 Å². The minimum Gasteiger partial charge on any atom is -0.388 e. The monoisotopic (exact) mass is 314 g/mol. The number of nitrogens with one attached hydrogen (secondary N) is 2. The third kappa shape index (κ3) is 3.11. The fourth-order valence-electron chi connectivity index (χ4n) is 1.87. The zero-order chi connectivity index (χ0) is 13.0. The SMILES string of the molecule is CCCNc1ncnc(NCC2(O)CCC2)c1Br. The van der Waals surface area contributed by atoms with E-state index in [1.165, 1.54) is 6.33 Å². The summed E-state index contributed by atoms with van der Waals surface area (Å²) in [6, 6.07) is 0. The number of hydrogen-bond acceptors (Lipinski definition) is 5. The summed E-state index contributed by atoms with van der Waals surface area (Å²) in [5.74, 6) is 1.51. The van der Waals surface area contributed by atoms with Crippen molar-refractivity contribution in [2.75, 3.05) is 23.7 Å². The molecule has 0 bridgehead atoms. The highest BCUT2D eigenvalue weighted by atomic mass is 79.9. The summed E-state index contributed by atoms with van der Waals surface area (Å²) in [5.41, 5.74) is -0.554. The van der Waals surface area contributed by atoms with Crippen molar-refractivity contribution in [2.24, 2.45) is 0 Å². The molecule has 18 heavy (non-hydrogen) atoms. The molecule has 1 heterocycles. The van der Waals surface area contributed by atoms with Crippen molar-refractivity contribution in [3.8, 4) is 0 Å². The number of hydrogen-bond donors (Lipinski definition) is 3. The number of aliphatic hydroxyl groups is 1. The molecule has 2 rings (SSSR count). The molecular formula is C12H19BrN4O. The van der Waals surface area contributed by atoms with Gasteiger partial charge in [0.1, 0.15) is 22.4 Å². The molecule has 1 aromatic heterocycles. The number of rotatable bonds is 6. The van der Waals surface area contributed by atoms with Gasteiger partial charge >= 0.3 is 0 Å². The van der Waals surface area contributed by atoms with E-state index in [4.69, 9.17) is 0 Å². The van der Waals surface area contributed by atoms with Gasteiger partial charge < -0.3 is 15.7 Å².